The molecule has 1 aliphatic carbocycles. The molecule has 3 heteroatoms. The largest absolute Gasteiger partial charge is 0.433 e. The molecule has 0 fully saturated rings. The molecule has 1 aliphatic rings. The Bertz CT molecular complexity index is 576. The van der Waals surface area contributed by atoms with Crippen LogP contribution in [0.2, 0.25) is 0 Å². The number of esters is 1. The molecular formula is C16H13IO2. The highest BCUT2D eigenvalue weighted by Gasteiger charge is 2.04. The van der Waals surface area contributed by atoms with Gasteiger partial charge in [0.2, 0.25) is 0 Å². The molecule has 0 bridgehead atoms. The molecular weight excluding hydrogens is 351 g/mol. The predicted molar refractivity (Wildman–Crippen MR) is 83.7 cm³/mol. The summed E-state index contributed by atoms with van der Waals surface area (Å²) in [6.45, 7) is 0. The summed E-state index contributed by atoms with van der Waals surface area (Å²) in [5.74, 6) is -0.244. The Morgan fingerprint density at radius 3 is 2.74 bits per heavy atom. The Hall–Kier alpha value is -1.58. The van der Waals surface area contributed by atoms with E-state index >= 15 is 0 Å². The van der Waals surface area contributed by atoms with Crippen LogP contribution < -0.4 is 0 Å². The van der Waals surface area contributed by atoms with Crippen molar-refractivity contribution in [2.24, 2.45) is 0 Å². The molecule has 0 unspecified atom stereocenters. The number of carbonyl (C=O) groups excluding carboxylic acids is 1. The van der Waals surface area contributed by atoms with Gasteiger partial charge < -0.3 is 4.74 Å². The average molecular weight is 364 g/mol. The van der Waals surface area contributed by atoms with Crippen molar-refractivity contribution in [3.05, 3.63) is 75.3 Å². The van der Waals surface area contributed by atoms with E-state index in [1.165, 1.54) is 6.26 Å². The van der Waals surface area contributed by atoms with Crippen LogP contribution in [-0.4, -0.2) is 5.97 Å². The molecule has 0 amide bonds. The van der Waals surface area contributed by atoms with E-state index in [1.807, 2.05) is 48.6 Å². The van der Waals surface area contributed by atoms with Crippen molar-refractivity contribution >= 4 is 28.6 Å². The Labute approximate surface area is 126 Å². The molecule has 0 N–H and O–H groups in total. The summed E-state index contributed by atoms with van der Waals surface area (Å²) >= 11 is 2.17. The van der Waals surface area contributed by atoms with Gasteiger partial charge >= 0.3 is 5.97 Å². The van der Waals surface area contributed by atoms with Gasteiger partial charge in [-0.3, -0.25) is 4.79 Å². The van der Waals surface area contributed by atoms with Crippen molar-refractivity contribution in [1.29, 1.82) is 0 Å². The quantitative estimate of drug-likeness (QED) is 0.341. The van der Waals surface area contributed by atoms with Crippen LogP contribution in [0.4, 0.5) is 0 Å². The van der Waals surface area contributed by atoms with Crippen molar-refractivity contribution in [3.63, 3.8) is 0 Å². The molecule has 96 valence electrons. The molecule has 2 rings (SSSR count). The van der Waals surface area contributed by atoms with Crippen LogP contribution in [0, 0.1) is 0 Å². The lowest BCUT2D eigenvalue weighted by Gasteiger charge is -2.01. The van der Waals surface area contributed by atoms with Gasteiger partial charge in [0.05, 0.1) is 6.42 Å². The Balaban J connectivity index is 1.82. The zero-order valence-corrected chi connectivity index (χ0v) is 12.5. The summed E-state index contributed by atoms with van der Waals surface area (Å²) in [6, 6.07) is 9.57. The fraction of sp³-hybridized carbons (Fsp3) is 0.125. The van der Waals surface area contributed by atoms with Gasteiger partial charge in [-0.05, 0) is 39.8 Å². The second kappa shape index (κ2) is 7.12. The molecule has 0 heterocycles. The third-order valence-corrected chi connectivity index (χ3v) is 3.17. The zero-order valence-electron chi connectivity index (χ0n) is 10.3. The van der Waals surface area contributed by atoms with Crippen LogP contribution in [0.5, 0.6) is 0 Å². The van der Waals surface area contributed by atoms with E-state index in [2.05, 4.69) is 28.3 Å². The second-order valence-corrected chi connectivity index (χ2v) is 5.47. The van der Waals surface area contributed by atoms with Crippen molar-refractivity contribution in [2.75, 3.05) is 0 Å². The average Bonchev–Trinajstić information content (AvgIpc) is 2.90. The van der Waals surface area contributed by atoms with Crippen LogP contribution in [-0.2, 0) is 16.0 Å². The maximum atomic E-state index is 11.6. The topological polar surface area (TPSA) is 26.3 Å². The minimum absolute atomic E-state index is 0.244. The zero-order chi connectivity index (χ0) is 13.5. The van der Waals surface area contributed by atoms with Crippen LogP contribution >= 0.6 is 22.6 Å². The van der Waals surface area contributed by atoms with Gasteiger partial charge in [-0.25, -0.2) is 0 Å². The summed E-state index contributed by atoms with van der Waals surface area (Å²) in [4.78, 5) is 11.6. The molecule has 0 spiro atoms. The number of allylic oxidation sites excluding steroid dienone is 4. The Morgan fingerprint density at radius 2 is 2.05 bits per heavy atom. The van der Waals surface area contributed by atoms with Crippen molar-refractivity contribution < 1.29 is 9.53 Å². The highest BCUT2D eigenvalue weighted by Crippen LogP contribution is 2.19. The lowest BCUT2D eigenvalue weighted by atomic mass is 10.2. The summed E-state index contributed by atoms with van der Waals surface area (Å²) in [6.07, 6.45) is 8.38. The number of benzene rings is 1. The van der Waals surface area contributed by atoms with Gasteiger partial charge in [-0.2, -0.15) is 0 Å². The first-order valence-corrected chi connectivity index (χ1v) is 7.02. The summed E-state index contributed by atoms with van der Waals surface area (Å²) < 4.78 is 6.11. The summed E-state index contributed by atoms with van der Waals surface area (Å²) in [5, 5.41) is 0. The van der Waals surface area contributed by atoms with E-state index < -0.39 is 0 Å². The fourth-order valence-electron chi connectivity index (χ4n) is 1.63. The van der Waals surface area contributed by atoms with E-state index in [9.17, 15) is 4.79 Å². The standard InChI is InChI=1S/C16H13IO2/c17-15(10-13-8-4-5-9-13)12-19-16(18)11-14-6-2-1-3-7-14/h1-8,12H,10-11H2/b15-12-. The Morgan fingerprint density at radius 1 is 1.26 bits per heavy atom. The molecule has 0 atom stereocenters. The van der Waals surface area contributed by atoms with Crippen LogP contribution in [0.3, 0.4) is 0 Å². The Kier molecular flexibility index (Phi) is 5.19. The number of hydrogen-bond acceptors (Lipinski definition) is 2. The SMILES string of the molecule is O=C(Cc1ccccc1)O/C=C(\I)CC1=C=CC=C1. The van der Waals surface area contributed by atoms with Crippen LogP contribution in [0.25, 0.3) is 0 Å². The van der Waals surface area contributed by atoms with Gasteiger partial charge in [-0.1, -0.05) is 42.5 Å². The van der Waals surface area contributed by atoms with Crippen LogP contribution in [0.1, 0.15) is 12.0 Å². The molecule has 0 saturated carbocycles. The van der Waals surface area contributed by atoms with E-state index in [0.717, 1.165) is 21.1 Å². The molecule has 0 aromatic heterocycles. The molecule has 19 heavy (non-hydrogen) atoms. The molecule has 0 saturated heterocycles. The second-order valence-electron chi connectivity index (χ2n) is 4.09. The smallest absolute Gasteiger partial charge is 0.315 e. The van der Waals surface area contributed by atoms with Gasteiger partial charge in [0.15, 0.2) is 0 Å². The highest BCUT2D eigenvalue weighted by atomic mass is 127. The fourth-order valence-corrected chi connectivity index (χ4v) is 2.17. The maximum Gasteiger partial charge on any atom is 0.315 e. The van der Waals surface area contributed by atoms with E-state index in [4.69, 9.17) is 4.74 Å². The predicted octanol–water partition coefficient (Wildman–Crippen LogP) is 4.09. The third-order valence-electron chi connectivity index (χ3n) is 2.53. The number of hydrogen-bond donors (Lipinski definition) is 0. The normalized spacial score (nSPS) is 13.5. The number of halogens is 1. The number of carbonyl (C=O) groups is 1. The molecule has 1 aromatic rings. The molecule has 1 aromatic carbocycles. The van der Waals surface area contributed by atoms with Gasteiger partial charge in [0.25, 0.3) is 0 Å². The van der Waals surface area contributed by atoms with Crippen molar-refractivity contribution in [2.45, 2.75) is 12.8 Å². The number of rotatable bonds is 5. The first-order chi connectivity index (χ1) is 9.24. The van der Waals surface area contributed by atoms with Crippen molar-refractivity contribution in [1.82, 2.24) is 0 Å². The third kappa shape index (κ3) is 4.89. The lowest BCUT2D eigenvalue weighted by molar-refractivity contribution is -0.137. The first-order valence-electron chi connectivity index (χ1n) is 5.94. The summed E-state index contributed by atoms with van der Waals surface area (Å²) in [7, 11) is 0. The highest BCUT2D eigenvalue weighted by molar-refractivity contribution is 14.1. The number of ether oxygens (including phenoxy) is 1. The maximum absolute atomic E-state index is 11.6. The lowest BCUT2D eigenvalue weighted by Crippen LogP contribution is -2.04. The van der Waals surface area contributed by atoms with Crippen molar-refractivity contribution in [3.8, 4) is 0 Å². The van der Waals surface area contributed by atoms with Gasteiger partial charge in [0.1, 0.15) is 6.26 Å². The summed E-state index contributed by atoms with van der Waals surface area (Å²) in [5.41, 5.74) is 5.16. The van der Waals surface area contributed by atoms with E-state index in [-0.39, 0.29) is 5.97 Å². The minimum atomic E-state index is -0.244. The minimum Gasteiger partial charge on any atom is -0.433 e. The molecule has 0 radical (unpaired) electrons. The monoisotopic (exact) mass is 364 g/mol. The van der Waals surface area contributed by atoms with Gasteiger partial charge in [0, 0.05) is 10.0 Å². The molecule has 0 aliphatic heterocycles. The first kappa shape index (κ1) is 13.8. The van der Waals surface area contributed by atoms with E-state index in [1.54, 1.807) is 0 Å². The van der Waals surface area contributed by atoms with Crippen LogP contribution in [0.15, 0.2) is 69.7 Å². The molecule has 2 nitrogen and oxygen atoms in total. The van der Waals surface area contributed by atoms with Gasteiger partial charge in [-0.15, -0.1) is 5.73 Å². The van der Waals surface area contributed by atoms with E-state index in [0.29, 0.717) is 6.42 Å².